The van der Waals surface area contributed by atoms with Crippen molar-refractivity contribution in [3.05, 3.63) is 35.4 Å². The topological polar surface area (TPSA) is 41.5 Å². The first kappa shape index (κ1) is 14.1. The zero-order valence-corrected chi connectivity index (χ0v) is 12.5. The lowest BCUT2D eigenvalue weighted by molar-refractivity contribution is -0.0642. The van der Waals surface area contributed by atoms with E-state index in [0.717, 1.165) is 19.3 Å². The van der Waals surface area contributed by atoms with E-state index >= 15 is 0 Å². The van der Waals surface area contributed by atoms with Gasteiger partial charge in [-0.2, -0.15) is 0 Å². The molecule has 0 radical (unpaired) electrons. The van der Waals surface area contributed by atoms with E-state index in [0.29, 0.717) is 25.8 Å². The number of hydrogen-bond donors (Lipinski definition) is 2. The quantitative estimate of drug-likeness (QED) is 0.890. The third-order valence-corrected chi connectivity index (χ3v) is 4.85. The Morgan fingerprint density at radius 3 is 2.70 bits per heavy atom. The van der Waals surface area contributed by atoms with Crippen LogP contribution in [0.2, 0.25) is 0 Å². The number of fused-ring (bicyclic) bond motifs is 1. The van der Waals surface area contributed by atoms with Gasteiger partial charge in [-0.1, -0.05) is 38.1 Å². The van der Waals surface area contributed by atoms with Gasteiger partial charge in [-0.3, -0.25) is 0 Å². The zero-order valence-electron chi connectivity index (χ0n) is 12.5. The second-order valence-electron chi connectivity index (χ2n) is 7.01. The number of nitrogens with one attached hydrogen (secondary N) is 1. The molecule has 2 N–H and O–H groups in total. The number of ether oxygens (including phenoxy) is 1. The van der Waals surface area contributed by atoms with Gasteiger partial charge >= 0.3 is 0 Å². The molecule has 1 saturated heterocycles. The molecule has 1 aromatic carbocycles. The van der Waals surface area contributed by atoms with Gasteiger partial charge in [0.15, 0.2) is 0 Å². The number of hydrogen-bond acceptors (Lipinski definition) is 3. The van der Waals surface area contributed by atoms with Crippen LogP contribution in [0, 0.1) is 5.41 Å². The third kappa shape index (κ3) is 2.62. The van der Waals surface area contributed by atoms with Crippen molar-refractivity contribution in [3.8, 4) is 0 Å². The summed E-state index contributed by atoms with van der Waals surface area (Å²) in [5, 5.41) is 14.2. The summed E-state index contributed by atoms with van der Waals surface area (Å²) in [6.07, 6.45) is 2.56. The van der Waals surface area contributed by atoms with Crippen molar-refractivity contribution in [2.24, 2.45) is 5.41 Å². The van der Waals surface area contributed by atoms with Crippen molar-refractivity contribution < 1.29 is 9.84 Å². The normalized spacial score (nSPS) is 27.2. The van der Waals surface area contributed by atoms with Gasteiger partial charge in [0.05, 0.1) is 5.60 Å². The van der Waals surface area contributed by atoms with E-state index in [2.05, 4.69) is 43.4 Å². The predicted octanol–water partition coefficient (Wildman–Crippen LogP) is 2.44. The molecule has 1 aliphatic heterocycles. The van der Waals surface area contributed by atoms with Crippen LogP contribution in [-0.4, -0.2) is 30.5 Å². The van der Waals surface area contributed by atoms with Crippen molar-refractivity contribution in [1.82, 2.24) is 5.32 Å². The van der Waals surface area contributed by atoms with E-state index in [4.69, 9.17) is 4.74 Å². The molecule has 0 spiro atoms. The van der Waals surface area contributed by atoms with Gasteiger partial charge in [0, 0.05) is 38.6 Å². The summed E-state index contributed by atoms with van der Waals surface area (Å²) >= 11 is 0. The molecule has 110 valence electrons. The van der Waals surface area contributed by atoms with E-state index in [-0.39, 0.29) is 5.41 Å². The van der Waals surface area contributed by atoms with Gasteiger partial charge in [-0.15, -0.1) is 0 Å². The molecule has 3 nitrogen and oxygen atoms in total. The molecule has 1 aromatic rings. The van der Waals surface area contributed by atoms with Gasteiger partial charge in [0.25, 0.3) is 0 Å². The molecule has 20 heavy (non-hydrogen) atoms. The molecule has 2 aliphatic rings. The van der Waals surface area contributed by atoms with E-state index in [1.807, 2.05) is 0 Å². The molecule has 1 aliphatic carbocycles. The van der Waals surface area contributed by atoms with Gasteiger partial charge in [-0.05, 0) is 23.0 Å². The van der Waals surface area contributed by atoms with Crippen LogP contribution in [0.1, 0.15) is 43.9 Å². The average Bonchev–Trinajstić information content (AvgIpc) is 2.67. The maximum Gasteiger partial charge on any atom is 0.0815 e. The van der Waals surface area contributed by atoms with Crippen LogP contribution in [-0.2, 0) is 11.2 Å². The van der Waals surface area contributed by atoms with Crippen molar-refractivity contribution in [2.45, 2.75) is 44.8 Å². The summed E-state index contributed by atoms with van der Waals surface area (Å²) in [6, 6.07) is 8.99. The second-order valence-corrected chi connectivity index (χ2v) is 7.01. The van der Waals surface area contributed by atoms with Gasteiger partial charge in [0.2, 0.25) is 0 Å². The molecule has 3 heteroatoms. The molecule has 0 aromatic heterocycles. The number of rotatable bonds is 3. The Labute approximate surface area is 121 Å². The Balaban J connectivity index is 1.73. The average molecular weight is 275 g/mol. The van der Waals surface area contributed by atoms with Crippen molar-refractivity contribution in [3.63, 3.8) is 0 Å². The van der Waals surface area contributed by atoms with Crippen LogP contribution in [0.5, 0.6) is 0 Å². The minimum Gasteiger partial charge on any atom is -0.388 e. The molecule has 3 rings (SSSR count). The lowest BCUT2D eigenvalue weighted by atomic mass is 9.84. The summed E-state index contributed by atoms with van der Waals surface area (Å²) in [7, 11) is 0. The first-order valence-electron chi connectivity index (χ1n) is 7.62. The highest BCUT2D eigenvalue weighted by Crippen LogP contribution is 2.45. The van der Waals surface area contributed by atoms with E-state index in [1.165, 1.54) is 11.1 Å². The monoisotopic (exact) mass is 275 g/mol. The van der Waals surface area contributed by atoms with Crippen molar-refractivity contribution >= 4 is 0 Å². The molecule has 1 fully saturated rings. The van der Waals surface area contributed by atoms with Crippen LogP contribution < -0.4 is 5.32 Å². The Bertz CT molecular complexity index is 478. The minimum atomic E-state index is -0.605. The Morgan fingerprint density at radius 1 is 1.25 bits per heavy atom. The van der Waals surface area contributed by atoms with Crippen LogP contribution >= 0.6 is 0 Å². The first-order valence-corrected chi connectivity index (χ1v) is 7.62. The third-order valence-electron chi connectivity index (χ3n) is 4.85. The molecule has 1 heterocycles. The molecule has 0 amide bonds. The lowest BCUT2D eigenvalue weighted by Crippen LogP contribution is -2.47. The van der Waals surface area contributed by atoms with Crippen LogP contribution in [0.25, 0.3) is 0 Å². The maximum atomic E-state index is 10.6. The van der Waals surface area contributed by atoms with Crippen LogP contribution in [0.15, 0.2) is 24.3 Å². The fourth-order valence-corrected chi connectivity index (χ4v) is 3.60. The molecule has 0 saturated carbocycles. The smallest absolute Gasteiger partial charge is 0.0815 e. The summed E-state index contributed by atoms with van der Waals surface area (Å²) < 4.78 is 5.35. The summed E-state index contributed by atoms with van der Waals surface area (Å²) in [6.45, 7) is 6.60. The Morgan fingerprint density at radius 2 is 1.95 bits per heavy atom. The standard InChI is InChI=1S/C17H25NO2/c1-16(2)11-13-5-3-4-6-14(13)15(16)18-12-17(19)7-9-20-10-8-17/h3-6,15,18-19H,7-12H2,1-2H3. The summed E-state index contributed by atoms with van der Waals surface area (Å²) in [4.78, 5) is 0. The summed E-state index contributed by atoms with van der Waals surface area (Å²) in [5.74, 6) is 0. The maximum absolute atomic E-state index is 10.6. The number of aliphatic hydroxyl groups is 1. The molecular weight excluding hydrogens is 250 g/mol. The molecule has 1 unspecified atom stereocenters. The van der Waals surface area contributed by atoms with Crippen LogP contribution in [0.3, 0.4) is 0 Å². The van der Waals surface area contributed by atoms with Crippen molar-refractivity contribution in [2.75, 3.05) is 19.8 Å². The zero-order chi connectivity index (χ0) is 14.2. The predicted molar refractivity (Wildman–Crippen MR) is 79.7 cm³/mol. The van der Waals surface area contributed by atoms with E-state index in [9.17, 15) is 5.11 Å². The first-order chi connectivity index (χ1) is 9.50. The molecule has 1 atom stereocenters. The SMILES string of the molecule is CC1(C)Cc2ccccc2C1NCC1(O)CCOCC1. The highest BCUT2D eigenvalue weighted by molar-refractivity contribution is 5.37. The Hall–Kier alpha value is -0.900. The highest BCUT2D eigenvalue weighted by atomic mass is 16.5. The fourth-order valence-electron chi connectivity index (χ4n) is 3.60. The fraction of sp³-hybridized carbons (Fsp3) is 0.647. The van der Waals surface area contributed by atoms with Crippen molar-refractivity contribution in [1.29, 1.82) is 0 Å². The molecule has 0 bridgehead atoms. The minimum absolute atomic E-state index is 0.200. The largest absolute Gasteiger partial charge is 0.388 e. The summed E-state index contributed by atoms with van der Waals surface area (Å²) in [5.41, 5.74) is 2.43. The second kappa shape index (κ2) is 5.14. The molecular formula is C17H25NO2. The van der Waals surface area contributed by atoms with E-state index < -0.39 is 5.60 Å². The van der Waals surface area contributed by atoms with E-state index in [1.54, 1.807) is 0 Å². The Kier molecular flexibility index (Phi) is 3.61. The lowest BCUT2D eigenvalue weighted by Gasteiger charge is -2.36. The highest BCUT2D eigenvalue weighted by Gasteiger charge is 2.40. The van der Waals surface area contributed by atoms with Gasteiger partial charge < -0.3 is 15.2 Å². The number of benzene rings is 1. The van der Waals surface area contributed by atoms with Gasteiger partial charge in [-0.25, -0.2) is 0 Å². The van der Waals surface area contributed by atoms with Gasteiger partial charge in [0.1, 0.15) is 0 Å². The van der Waals surface area contributed by atoms with Crippen LogP contribution in [0.4, 0.5) is 0 Å².